The number of pyridine rings is 1. The highest BCUT2D eigenvalue weighted by atomic mass is 19.1. The maximum atomic E-state index is 13.8. The number of amides is 1. The molecule has 0 aliphatic heterocycles. The number of benzene rings is 1. The van der Waals surface area contributed by atoms with Crippen LogP contribution in [0.25, 0.3) is 0 Å². The van der Waals surface area contributed by atoms with E-state index in [0.29, 0.717) is 5.88 Å². The number of nitro groups is 1. The second-order valence-corrected chi connectivity index (χ2v) is 6.57. The summed E-state index contributed by atoms with van der Waals surface area (Å²) in [6.07, 6.45) is 6.24. The van der Waals surface area contributed by atoms with Crippen molar-refractivity contribution in [1.82, 2.24) is 10.3 Å². The normalized spacial score (nSPS) is 14.1. The quantitative estimate of drug-likeness (QED) is 0.616. The van der Waals surface area contributed by atoms with Gasteiger partial charge in [-0.05, 0) is 44.2 Å². The summed E-state index contributed by atoms with van der Waals surface area (Å²) in [7, 11) is 0. The van der Waals surface area contributed by atoms with Gasteiger partial charge in [0.1, 0.15) is 11.9 Å². The zero-order valence-electron chi connectivity index (χ0n) is 14.9. The molecule has 0 radical (unpaired) electrons. The summed E-state index contributed by atoms with van der Waals surface area (Å²) >= 11 is 0. The number of aromatic nitrogens is 1. The fraction of sp³-hybridized carbons (Fsp3) is 0.368. The molecule has 2 aromatic rings. The maximum absolute atomic E-state index is 13.8. The van der Waals surface area contributed by atoms with Gasteiger partial charge in [-0.25, -0.2) is 9.37 Å². The summed E-state index contributed by atoms with van der Waals surface area (Å²) in [6.45, 7) is 1.47. The van der Waals surface area contributed by atoms with Gasteiger partial charge in [0.15, 0.2) is 0 Å². The molecule has 1 heterocycles. The first kappa shape index (κ1) is 18.8. The predicted molar refractivity (Wildman–Crippen MR) is 96.1 cm³/mol. The van der Waals surface area contributed by atoms with Gasteiger partial charge in [-0.1, -0.05) is 6.07 Å². The minimum Gasteiger partial charge on any atom is -0.474 e. The molecule has 1 saturated carbocycles. The van der Waals surface area contributed by atoms with E-state index in [0.717, 1.165) is 30.5 Å². The largest absolute Gasteiger partial charge is 0.474 e. The lowest BCUT2D eigenvalue weighted by molar-refractivity contribution is -0.385. The van der Waals surface area contributed by atoms with Crippen molar-refractivity contribution in [2.24, 2.45) is 0 Å². The van der Waals surface area contributed by atoms with Gasteiger partial charge in [-0.3, -0.25) is 14.9 Å². The number of hydrogen-bond acceptors (Lipinski definition) is 5. The highest BCUT2D eigenvalue weighted by Gasteiger charge is 2.19. The molecule has 1 N–H and O–H groups in total. The first-order valence-corrected chi connectivity index (χ1v) is 8.78. The van der Waals surface area contributed by atoms with Crippen LogP contribution in [0.15, 0.2) is 30.5 Å². The predicted octanol–water partition coefficient (Wildman–Crippen LogP) is 3.69. The van der Waals surface area contributed by atoms with Crippen molar-refractivity contribution in [3.05, 3.63) is 63.1 Å². The number of carbonyl (C=O) groups is 1. The minimum absolute atomic E-state index is 0.0982. The average molecular weight is 373 g/mol. The standard InChI is InChI=1S/C19H20FN3O4/c1-12-16(20)8-14(9-17(12)23(25)26)19(24)22-11-13-6-7-18(21-10-13)27-15-4-2-3-5-15/h6-10,15H,2-5,11H2,1H3,(H,22,24). The molecule has 1 amide bonds. The number of ether oxygens (including phenoxy) is 1. The van der Waals surface area contributed by atoms with Gasteiger partial charge < -0.3 is 10.1 Å². The summed E-state index contributed by atoms with van der Waals surface area (Å²) in [6, 6.07) is 5.60. The Hall–Kier alpha value is -3.03. The molecule has 142 valence electrons. The molecule has 8 heteroatoms. The number of rotatable bonds is 6. The van der Waals surface area contributed by atoms with Crippen LogP contribution < -0.4 is 10.1 Å². The third kappa shape index (κ3) is 4.58. The van der Waals surface area contributed by atoms with E-state index in [1.54, 1.807) is 18.3 Å². The number of nitrogens with zero attached hydrogens (tertiary/aromatic N) is 2. The SMILES string of the molecule is Cc1c(F)cc(C(=O)NCc2ccc(OC3CCCC3)nc2)cc1[N+](=O)[O-]. The third-order valence-electron chi connectivity index (χ3n) is 4.62. The van der Waals surface area contributed by atoms with E-state index in [1.165, 1.54) is 19.8 Å². The summed E-state index contributed by atoms with van der Waals surface area (Å²) in [4.78, 5) is 26.7. The Morgan fingerprint density at radius 3 is 2.74 bits per heavy atom. The van der Waals surface area contributed by atoms with E-state index < -0.39 is 22.3 Å². The lowest BCUT2D eigenvalue weighted by Gasteiger charge is -2.12. The van der Waals surface area contributed by atoms with Crippen molar-refractivity contribution in [2.45, 2.75) is 45.3 Å². The molecule has 3 rings (SSSR count). The Labute approximate surface area is 155 Å². The van der Waals surface area contributed by atoms with E-state index >= 15 is 0 Å². The molecular weight excluding hydrogens is 353 g/mol. The first-order valence-electron chi connectivity index (χ1n) is 8.78. The molecule has 0 atom stereocenters. The number of nitro benzene ring substituents is 1. The molecule has 1 fully saturated rings. The molecule has 0 spiro atoms. The van der Waals surface area contributed by atoms with Crippen LogP contribution in [0.3, 0.4) is 0 Å². The Bertz CT molecular complexity index is 849. The van der Waals surface area contributed by atoms with Crippen molar-refractivity contribution >= 4 is 11.6 Å². The van der Waals surface area contributed by atoms with E-state index in [9.17, 15) is 19.3 Å². The van der Waals surface area contributed by atoms with Gasteiger partial charge >= 0.3 is 0 Å². The molecular formula is C19H20FN3O4. The highest BCUT2D eigenvalue weighted by Crippen LogP contribution is 2.24. The fourth-order valence-corrected chi connectivity index (χ4v) is 3.03. The fourth-order valence-electron chi connectivity index (χ4n) is 3.03. The smallest absolute Gasteiger partial charge is 0.276 e. The van der Waals surface area contributed by atoms with Gasteiger partial charge in [-0.15, -0.1) is 0 Å². The highest BCUT2D eigenvalue weighted by molar-refractivity contribution is 5.95. The van der Waals surface area contributed by atoms with Gasteiger partial charge in [-0.2, -0.15) is 0 Å². The summed E-state index contributed by atoms with van der Waals surface area (Å²) in [5.74, 6) is -0.832. The van der Waals surface area contributed by atoms with E-state index in [4.69, 9.17) is 4.74 Å². The molecule has 7 nitrogen and oxygen atoms in total. The van der Waals surface area contributed by atoms with Crippen LogP contribution in [0.2, 0.25) is 0 Å². The van der Waals surface area contributed by atoms with Crippen LogP contribution in [-0.4, -0.2) is 21.9 Å². The van der Waals surface area contributed by atoms with Crippen LogP contribution >= 0.6 is 0 Å². The second kappa shape index (κ2) is 8.11. The second-order valence-electron chi connectivity index (χ2n) is 6.57. The van der Waals surface area contributed by atoms with E-state index in [-0.39, 0.29) is 23.8 Å². The number of hydrogen-bond donors (Lipinski definition) is 1. The van der Waals surface area contributed by atoms with Gasteiger partial charge in [0.05, 0.1) is 10.5 Å². The summed E-state index contributed by atoms with van der Waals surface area (Å²) in [5, 5.41) is 13.6. The van der Waals surface area contributed by atoms with Crippen molar-refractivity contribution < 1.29 is 18.8 Å². The molecule has 0 saturated heterocycles. The molecule has 0 bridgehead atoms. The number of carbonyl (C=O) groups excluding carboxylic acids is 1. The number of halogens is 1. The molecule has 1 aromatic heterocycles. The lowest BCUT2D eigenvalue weighted by Crippen LogP contribution is -2.23. The monoisotopic (exact) mass is 373 g/mol. The van der Waals surface area contributed by atoms with E-state index in [1.807, 2.05) is 0 Å². The van der Waals surface area contributed by atoms with Crippen LogP contribution in [0.1, 0.15) is 47.2 Å². The summed E-state index contributed by atoms with van der Waals surface area (Å²) in [5.41, 5.74) is 0.122. The topological polar surface area (TPSA) is 94.4 Å². The van der Waals surface area contributed by atoms with Crippen LogP contribution in [-0.2, 0) is 6.54 Å². The molecule has 1 aliphatic rings. The van der Waals surface area contributed by atoms with Crippen LogP contribution in [0.4, 0.5) is 10.1 Å². The summed E-state index contributed by atoms with van der Waals surface area (Å²) < 4.78 is 19.6. The van der Waals surface area contributed by atoms with Crippen molar-refractivity contribution in [3.63, 3.8) is 0 Å². The molecule has 0 unspecified atom stereocenters. The molecule has 27 heavy (non-hydrogen) atoms. The zero-order chi connectivity index (χ0) is 19.4. The Kier molecular flexibility index (Phi) is 5.63. The lowest BCUT2D eigenvalue weighted by atomic mass is 10.1. The van der Waals surface area contributed by atoms with Crippen molar-refractivity contribution in [2.75, 3.05) is 0 Å². The van der Waals surface area contributed by atoms with Crippen LogP contribution in [0.5, 0.6) is 5.88 Å². The van der Waals surface area contributed by atoms with Crippen molar-refractivity contribution in [3.8, 4) is 5.88 Å². The van der Waals surface area contributed by atoms with Gasteiger partial charge in [0, 0.05) is 30.4 Å². The zero-order valence-corrected chi connectivity index (χ0v) is 14.9. The first-order chi connectivity index (χ1) is 12.9. The minimum atomic E-state index is -0.788. The Morgan fingerprint density at radius 2 is 2.11 bits per heavy atom. The maximum Gasteiger partial charge on any atom is 0.276 e. The van der Waals surface area contributed by atoms with Crippen molar-refractivity contribution in [1.29, 1.82) is 0 Å². The van der Waals surface area contributed by atoms with E-state index in [2.05, 4.69) is 10.3 Å². The average Bonchev–Trinajstić information content (AvgIpc) is 3.15. The number of nitrogens with one attached hydrogen (secondary N) is 1. The van der Waals surface area contributed by atoms with Crippen LogP contribution in [0, 0.1) is 22.9 Å². The van der Waals surface area contributed by atoms with Gasteiger partial charge in [0.25, 0.3) is 11.6 Å². The Morgan fingerprint density at radius 1 is 1.37 bits per heavy atom. The molecule has 1 aromatic carbocycles. The third-order valence-corrected chi connectivity index (χ3v) is 4.62. The van der Waals surface area contributed by atoms with Gasteiger partial charge in [0.2, 0.25) is 5.88 Å². The molecule has 1 aliphatic carbocycles. The Balaban J connectivity index is 1.61.